The van der Waals surface area contributed by atoms with Crippen LogP contribution >= 0.6 is 0 Å². The summed E-state index contributed by atoms with van der Waals surface area (Å²) in [4.78, 5) is 8.47. The van der Waals surface area contributed by atoms with E-state index in [-0.39, 0.29) is 6.04 Å². The van der Waals surface area contributed by atoms with Gasteiger partial charge < -0.3 is 14.3 Å². The Hall–Kier alpha value is -2.95. The molecule has 0 N–H and O–H groups in total. The van der Waals surface area contributed by atoms with Crippen LogP contribution in [-0.4, -0.2) is 33.2 Å². The number of fused-ring (bicyclic) bond motifs is 3. The van der Waals surface area contributed by atoms with Gasteiger partial charge >= 0.3 is 0 Å². The third-order valence-corrected chi connectivity index (χ3v) is 5.46. The Labute approximate surface area is 160 Å². The van der Waals surface area contributed by atoms with Gasteiger partial charge in [0, 0.05) is 30.6 Å². The largest absolute Gasteiger partial charge is 0.362 e. The highest BCUT2D eigenvalue weighted by molar-refractivity contribution is 6.06. The molecule has 1 aromatic heterocycles. The van der Waals surface area contributed by atoms with Crippen LogP contribution in [0.15, 0.2) is 59.6 Å². The summed E-state index contributed by atoms with van der Waals surface area (Å²) in [6, 6.07) is 12.4. The first kappa shape index (κ1) is 17.5. The van der Waals surface area contributed by atoms with Crippen LogP contribution in [0.1, 0.15) is 39.4 Å². The topological polar surface area (TPSA) is 43.5 Å². The minimum absolute atomic E-state index is 0.149. The monoisotopic (exact) mass is 363 g/mol. The van der Waals surface area contributed by atoms with Crippen molar-refractivity contribution in [1.82, 2.24) is 9.47 Å². The van der Waals surface area contributed by atoms with E-state index in [0.29, 0.717) is 16.5 Å². The number of allylic oxidation sites excluding steroid dienone is 2. The van der Waals surface area contributed by atoms with Crippen molar-refractivity contribution in [3.63, 3.8) is 0 Å². The maximum absolute atomic E-state index is 12.8. The fourth-order valence-electron chi connectivity index (χ4n) is 4.06. The first-order valence-corrected chi connectivity index (χ1v) is 9.48. The Balaban J connectivity index is 1.87. The molecule has 140 valence electrons. The molecular formula is C22H25N3O2. The molecule has 2 aromatic rings. The van der Waals surface area contributed by atoms with Crippen LogP contribution in [0.4, 0.5) is 0 Å². The smallest absolute Gasteiger partial charge is 0.275 e. The number of benzene rings is 1. The molecule has 0 amide bonds. The number of rotatable bonds is 4. The third-order valence-electron chi connectivity index (χ3n) is 5.46. The molecule has 0 unspecified atom stereocenters. The van der Waals surface area contributed by atoms with Crippen molar-refractivity contribution in [3.8, 4) is 11.1 Å². The molecule has 1 atom stereocenters. The van der Waals surface area contributed by atoms with E-state index in [9.17, 15) is 5.21 Å². The van der Waals surface area contributed by atoms with Crippen LogP contribution in [0, 0.1) is 5.21 Å². The number of aromatic nitrogens is 1. The summed E-state index contributed by atoms with van der Waals surface area (Å²) in [5.74, 6) is 0.666. The highest BCUT2D eigenvalue weighted by Crippen LogP contribution is 2.38. The number of hydrogen-bond donors (Lipinski definition) is 0. The summed E-state index contributed by atoms with van der Waals surface area (Å²) < 4.78 is 2.19. The van der Waals surface area contributed by atoms with E-state index in [1.165, 1.54) is 5.56 Å². The highest BCUT2D eigenvalue weighted by Gasteiger charge is 2.40. The number of hydrogen-bond acceptors (Lipinski definition) is 3. The Morgan fingerprint density at radius 2 is 1.81 bits per heavy atom. The standard InChI is InChI=1S/C22H25N3O2/c1-5-23(6-2)22-16(4)21-20(25(26)27-22)15(3)12-19-13-18(14-24(19)21)17-10-8-7-9-11-17/h7-14,21H,5-6H2,1-4H3/t21-/m0/s1. The Bertz CT molecular complexity index is 963. The average Bonchev–Trinajstić information content (AvgIpc) is 3.10. The number of nitrogens with zero attached hydrogens (tertiary/aromatic N) is 3. The maximum Gasteiger partial charge on any atom is 0.275 e. The van der Waals surface area contributed by atoms with Gasteiger partial charge in [-0.3, -0.25) is 5.21 Å². The molecular weight excluding hydrogens is 338 g/mol. The van der Waals surface area contributed by atoms with Crippen LogP contribution in [0.25, 0.3) is 17.2 Å². The summed E-state index contributed by atoms with van der Waals surface area (Å²) >= 11 is 0. The van der Waals surface area contributed by atoms with Crippen molar-refractivity contribution in [2.75, 3.05) is 13.1 Å². The van der Waals surface area contributed by atoms with E-state index in [2.05, 4.69) is 60.7 Å². The highest BCUT2D eigenvalue weighted by atomic mass is 16.9. The third kappa shape index (κ3) is 2.74. The van der Waals surface area contributed by atoms with Crippen molar-refractivity contribution < 1.29 is 9.74 Å². The van der Waals surface area contributed by atoms with Gasteiger partial charge in [0.2, 0.25) is 0 Å². The summed E-state index contributed by atoms with van der Waals surface area (Å²) in [6.45, 7) is 9.77. The zero-order chi connectivity index (χ0) is 19.1. The molecule has 2 aliphatic heterocycles. The molecule has 27 heavy (non-hydrogen) atoms. The van der Waals surface area contributed by atoms with Crippen molar-refractivity contribution in [1.29, 1.82) is 0 Å². The average molecular weight is 363 g/mol. The van der Waals surface area contributed by atoms with Crippen molar-refractivity contribution in [2.45, 2.75) is 33.7 Å². The molecule has 0 saturated heterocycles. The fraction of sp³-hybridized carbons (Fsp3) is 0.318. The first-order chi connectivity index (χ1) is 13.0. The lowest BCUT2D eigenvalue weighted by Gasteiger charge is -2.36. The predicted octanol–water partition coefficient (Wildman–Crippen LogP) is 4.58. The molecule has 0 aliphatic carbocycles. The molecule has 1 aromatic carbocycles. The van der Waals surface area contributed by atoms with Gasteiger partial charge in [-0.25, -0.2) is 0 Å². The molecule has 5 heteroatoms. The lowest BCUT2D eigenvalue weighted by Crippen LogP contribution is -2.40. The minimum atomic E-state index is -0.149. The molecule has 0 saturated carbocycles. The van der Waals surface area contributed by atoms with Crippen LogP contribution in [0.2, 0.25) is 0 Å². The second kappa shape index (κ2) is 6.65. The van der Waals surface area contributed by atoms with Gasteiger partial charge in [0.15, 0.2) is 0 Å². The summed E-state index contributed by atoms with van der Waals surface area (Å²) in [5.41, 5.74) is 6.09. The quantitative estimate of drug-likeness (QED) is 0.747. The summed E-state index contributed by atoms with van der Waals surface area (Å²) in [7, 11) is 0. The lowest BCUT2D eigenvalue weighted by atomic mass is 9.93. The van der Waals surface area contributed by atoms with Gasteiger partial charge in [-0.2, -0.15) is 0 Å². The molecule has 0 bridgehead atoms. The Morgan fingerprint density at radius 3 is 2.48 bits per heavy atom. The maximum atomic E-state index is 12.8. The van der Waals surface area contributed by atoms with Crippen LogP contribution in [-0.2, 0) is 4.84 Å². The Kier molecular flexibility index (Phi) is 4.30. The molecule has 4 rings (SSSR count). The molecule has 5 nitrogen and oxygen atoms in total. The minimum Gasteiger partial charge on any atom is -0.362 e. The van der Waals surface area contributed by atoms with E-state index in [1.807, 2.05) is 25.1 Å². The zero-order valence-corrected chi connectivity index (χ0v) is 16.3. The summed E-state index contributed by atoms with van der Waals surface area (Å²) in [6.07, 6.45) is 4.20. The van der Waals surface area contributed by atoms with E-state index in [1.54, 1.807) is 0 Å². The van der Waals surface area contributed by atoms with Crippen molar-refractivity contribution in [3.05, 3.63) is 70.5 Å². The van der Waals surface area contributed by atoms with Crippen LogP contribution < -0.4 is 0 Å². The van der Waals surface area contributed by atoms with Gasteiger partial charge in [0.25, 0.3) is 5.71 Å². The second-order valence-corrected chi connectivity index (χ2v) is 7.05. The molecule has 0 radical (unpaired) electrons. The van der Waals surface area contributed by atoms with Gasteiger partial charge in [-0.05, 0) is 56.5 Å². The molecule has 0 spiro atoms. The zero-order valence-electron chi connectivity index (χ0n) is 16.3. The Morgan fingerprint density at radius 1 is 1.11 bits per heavy atom. The van der Waals surface area contributed by atoms with E-state index in [0.717, 1.165) is 35.5 Å². The second-order valence-electron chi connectivity index (χ2n) is 7.05. The summed E-state index contributed by atoms with van der Waals surface area (Å²) in [5, 5.41) is 12.8. The van der Waals surface area contributed by atoms with Crippen molar-refractivity contribution >= 4 is 11.8 Å². The molecule has 2 aliphatic rings. The SMILES string of the molecule is CCN(CC)C1=C(C)[C@H]2C(=[N+]([O-])O1)C(C)=Cc1cc(-c3ccccc3)cn12. The fourth-order valence-corrected chi connectivity index (χ4v) is 4.06. The van der Waals surface area contributed by atoms with E-state index < -0.39 is 0 Å². The van der Waals surface area contributed by atoms with Crippen LogP contribution in [0.5, 0.6) is 0 Å². The lowest BCUT2D eigenvalue weighted by molar-refractivity contribution is -0.733. The first-order valence-electron chi connectivity index (χ1n) is 9.48. The van der Waals surface area contributed by atoms with E-state index in [4.69, 9.17) is 4.84 Å². The normalized spacial score (nSPS) is 18.7. The van der Waals surface area contributed by atoms with Gasteiger partial charge in [0.1, 0.15) is 11.9 Å². The molecule has 0 fully saturated rings. The van der Waals surface area contributed by atoms with E-state index >= 15 is 0 Å². The van der Waals surface area contributed by atoms with Gasteiger partial charge in [-0.1, -0.05) is 30.3 Å². The predicted molar refractivity (Wildman–Crippen MR) is 108 cm³/mol. The van der Waals surface area contributed by atoms with Crippen LogP contribution in [0.3, 0.4) is 0 Å². The van der Waals surface area contributed by atoms with Gasteiger partial charge in [-0.15, -0.1) is 0 Å². The van der Waals surface area contributed by atoms with Gasteiger partial charge in [0.05, 0.1) is 4.90 Å². The molecule has 3 heterocycles. The van der Waals surface area contributed by atoms with Crippen molar-refractivity contribution in [2.24, 2.45) is 0 Å².